The van der Waals surface area contributed by atoms with Crippen molar-refractivity contribution in [2.24, 2.45) is 11.8 Å². The van der Waals surface area contributed by atoms with E-state index in [4.69, 9.17) is 11.6 Å². The third-order valence-corrected chi connectivity index (χ3v) is 6.06. The molecule has 5 nitrogen and oxygen atoms in total. The molecule has 2 fully saturated rings. The van der Waals surface area contributed by atoms with Crippen molar-refractivity contribution < 1.29 is 9.59 Å². The van der Waals surface area contributed by atoms with Gasteiger partial charge in [0.05, 0.1) is 11.1 Å². The van der Waals surface area contributed by atoms with E-state index in [-0.39, 0.29) is 17.9 Å². The number of nitrogens with one attached hydrogen (secondary N) is 1. The van der Waals surface area contributed by atoms with Gasteiger partial charge in [-0.1, -0.05) is 11.6 Å². The second kappa shape index (κ2) is 6.54. The smallest absolute Gasteiger partial charge is 0.254 e. The molecule has 2 heterocycles. The van der Waals surface area contributed by atoms with Gasteiger partial charge in [-0.25, -0.2) is 0 Å². The van der Waals surface area contributed by atoms with E-state index in [1.165, 1.54) is 0 Å². The molecule has 1 aromatic heterocycles. The van der Waals surface area contributed by atoms with Gasteiger partial charge in [0, 0.05) is 42.2 Å². The molecule has 1 aliphatic carbocycles. The Bertz CT molecular complexity index is 898. The SMILES string of the molecule is Cc1cc(C(=O)N(C)[C@H]2C[C@H]3CNC(=O)C[C@H]3C2)c2cc(Cl)ccc2n1. The highest BCUT2D eigenvalue weighted by Gasteiger charge is 2.40. The summed E-state index contributed by atoms with van der Waals surface area (Å²) in [7, 11) is 1.87. The van der Waals surface area contributed by atoms with Gasteiger partial charge in [0.25, 0.3) is 5.91 Å². The van der Waals surface area contributed by atoms with Gasteiger partial charge in [0.2, 0.25) is 5.91 Å². The lowest BCUT2D eigenvalue weighted by molar-refractivity contribution is -0.124. The Morgan fingerprint density at radius 1 is 1.27 bits per heavy atom. The lowest BCUT2D eigenvalue weighted by Crippen LogP contribution is -2.38. The molecule has 1 aromatic carbocycles. The van der Waals surface area contributed by atoms with E-state index in [0.29, 0.717) is 28.8 Å². The van der Waals surface area contributed by atoms with Crippen molar-refractivity contribution in [2.45, 2.75) is 32.2 Å². The Hall–Kier alpha value is -2.14. The van der Waals surface area contributed by atoms with Crippen molar-refractivity contribution in [3.63, 3.8) is 0 Å². The number of hydrogen-bond donors (Lipinski definition) is 1. The summed E-state index contributed by atoms with van der Waals surface area (Å²) in [6.07, 6.45) is 2.41. The van der Waals surface area contributed by atoms with E-state index in [1.807, 2.05) is 31.0 Å². The number of nitrogens with zero attached hydrogens (tertiary/aromatic N) is 2. The van der Waals surface area contributed by atoms with E-state index in [9.17, 15) is 9.59 Å². The lowest BCUT2D eigenvalue weighted by Gasteiger charge is -2.25. The highest BCUT2D eigenvalue weighted by atomic mass is 35.5. The lowest BCUT2D eigenvalue weighted by atomic mass is 9.89. The van der Waals surface area contributed by atoms with Crippen LogP contribution in [0, 0.1) is 18.8 Å². The number of fused-ring (bicyclic) bond motifs is 2. The minimum absolute atomic E-state index is 0.00861. The van der Waals surface area contributed by atoms with Gasteiger partial charge in [0.15, 0.2) is 0 Å². The molecular weight excluding hydrogens is 350 g/mol. The molecule has 0 unspecified atom stereocenters. The maximum absolute atomic E-state index is 13.3. The largest absolute Gasteiger partial charge is 0.356 e. The topological polar surface area (TPSA) is 62.3 Å². The number of amides is 2. The number of halogens is 1. The Morgan fingerprint density at radius 3 is 2.85 bits per heavy atom. The molecule has 1 saturated carbocycles. The van der Waals surface area contributed by atoms with Crippen LogP contribution in [0.5, 0.6) is 0 Å². The van der Waals surface area contributed by atoms with Crippen LogP contribution in [0.15, 0.2) is 24.3 Å². The number of aromatic nitrogens is 1. The predicted molar refractivity (Wildman–Crippen MR) is 101 cm³/mol. The van der Waals surface area contributed by atoms with Crippen LogP contribution in [0.2, 0.25) is 5.02 Å². The molecule has 1 aliphatic heterocycles. The summed E-state index contributed by atoms with van der Waals surface area (Å²) in [6.45, 7) is 2.63. The first kappa shape index (κ1) is 17.3. The highest BCUT2D eigenvalue weighted by Crippen LogP contribution is 2.38. The highest BCUT2D eigenvalue weighted by molar-refractivity contribution is 6.31. The van der Waals surface area contributed by atoms with E-state index in [1.54, 1.807) is 12.1 Å². The first-order valence-corrected chi connectivity index (χ1v) is 9.41. The summed E-state index contributed by atoms with van der Waals surface area (Å²) < 4.78 is 0. The van der Waals surface area contributed by atoms with E-state index < -0.39 is 0 Å². The third-order valence-electron chi connectivity index (χ3n) is 5.82. The number of carbonyl (C=O) groups is 2. The summed E-state index contributed by atoms with van der Waals surface area (Å²) in [6, 6.07) is 7.45. The minimum Gasteiger partial charge on any atom is -0.356 e. The van der Waals surface area contributed by atoms with Crippen LogP contribution in [0.3, 0.4) is 0 Å². The fraction of sp³-hybridized carbons (Fsp3) is 0.450. The molecule has 3 atom stereocenters. The number of pyridine rings is 1. The number of carbonyl (C=O) groups excluding carboxylic acids is 2. The summed E-state index contributed by atoms with van der Waals surface area (Å²) in [5.74, 6) is 0.977. The van der Waals surface area contributed by atoms with Crippen LogP contribution >= 0.6 is 11.6 Å². The van der Waals surface area contributed by atoms with E-state index >= 15 is 0 Å². The van der Waals surface area contributed by atoms with E-state index in [0.717, 1.165) is 36.0 Å². The second-order valence-electron chi connectivity index (χ2n) is 7.54. The molecule has 0 spiro atoms. The molecule has 2 aliphatic rings. The number of piperidine rings is 1. The zero-order valence-electron chi connectivity index (χ0n) is 15.0. The quantitative estimate of drug-likeness (QED) is 0.881. The van der Waals surface area contributed by atoms with Crippen LogP contribution in [-0.2, 0) is 4.79 Å². The Labute approximate surface area is 157 Å². The molecule has 2 amide bonds. The van der Waals surface area contributed by atoms with Crippen LogP contribution in [0.4, 0.5) is 0 Å². The molecule has 26 heavy (non-hydrogen) atoms. The van der Waals surface area contributed by atoms with Gasteiger partial charge in [-0.2, -0.15) is 0 Å². The van der Waals surface area contributed by atoms with Crippen molar-refractivity contribution in [1.29, 1.82) is 0 Å². The van der Waals surface area contributed by atoms with Crippen LogP contribution in [-0.4, -0.2) is 41.3 Å². The molecule has 1 saturated heterocycles. The zero-order valence-corrected chi connectivity index (χ0v) is 15.7. The number of aryl methyl sites for hydroxylation is 1. The van der Waals surface area contributed by atoms with Gasteiger partial charge in [-0.15, -0.1) is 0 Å². The van der Waals surface area contributed by atoms with Crippen LogP contribution in [0.1, 0.15) is 35.3 Å². The summed E-state index contributed by atoms with van der Waals surface area (Å²) >= 11 is 6.15. The van der Waals surface area contributed by atoms with Crippen molar-refractivity contribution in [1.82, 2.24) is 15.2 Å². The number of hydrogen-bond acceptors (Lipinski definition) is 3. The Morgan fingerprint density at radius 2 is 2.04 bits per heavy atom. The molecule has 136 valence electrons. The van der Waals surface area contributed by atoms with Gasteiger partial charge in [-0.05, 0) is 55.9 Å². The first-order chi connectivity index (χ1) is 12.4. The monoisotopic (exact) mass is 371 g/mol. The molecule has 0 radical (unpaired) electrons. The minimum atomic E-state index is -0.00861. The fourth-order valence-electron chi connectivity index (χ4n) is 4.41. The summed E-state index contributed by atoms with van der Waals surface area (Å²) in [4.78, 5) is 31.2. The van der Waals surface area contributed by atoms with Gasteiger partial charge in [-0.3, -0.25) is 14.6 Å². The molecule has 6 heteroatoms. The summed E-state index contributed by atoms with van der Waals surface area (Å²) in [5, 5.41) is 4.32. The molecule has 4 rings (SSSR count). The maximum atomic E-state index is 13.3. The predicted octanol–water partition coefficient (Wildman–Crippen LogP) is 3.18. The van der Waals surface area contributed by atoms with Crippen LogP contribution in [0.25, 0.3) is 10.9 Å². The zero-order chi connectivity index (χ0) is 18.4. The average Bonchev–Trinajstić information content (AvgIpc) is 3.03. The van der Waals surface area contributed by atoms with Gasteiger partial charge in [0.1, 0.15) is 0 Å². The number of rotatable bonds is 2. The maximum Gasteiger partial charge on any atom is 0.254 e. The fourth-order valence-corrected chi connectivity index (χ4v) is 4.59. The average molecular weight is 372 g/mol. The molecule has 1 N–H and O–H groups in total. The van der Waals surface area contributed by atoms with Crippen molar-refractivity contribution in [3.05, 3.63) is 40.5 Å². The standard InChI is InChI=1S/C20H22ClN3O2/c1-11-5-17(16-9-14(21)3-4-18(16)23-11)20(26)24(2)15-6-12-8-19(25)22-10-13(12)7-15/h3-5,9,12-13,15H,6-8,10H2,1-2H3,(H,22,25)/t12-,13+,15-/m1/s1. The van der Waals surface area contributed by atoms with Gasteiger partial charge < -0.3 is 10.2 Å². The first-order valence-electron chi connectivity index (χ1n) is 9.03. The van der Waals surface area contributed by atoms with E-state index in [2.05, 4.69) is 10.3 Å². The Kier molecular flexibility index (Phi) is 4.35. The van der Waals surface area contributed by atoms with Crippen molar-refractivity contribution in [2.75, 3.05) is 13.6 Å². The Balaban J connectivity index is 1.62. The molecule has 0 bridgehead atoms. The molecular formula is C20H22ClN3O2. The summed E-state index contributed by atoms with van der Waals surface area (Å²) in [5.41, 5.74) is 2.23. The normalized spacial score (nSPS) is 25.0. The van der Waals surface area contributed by atoms with Crippen LogP contribution < -0.4 is 5.32 Å². The van der Waals surface area contributed by atoms with Gasteiger partial charge >= 0.3 is 0 Å². The molecule has 2 aromatic rings. The third kappa shape index (κ3) is 3.05. The second-order valence-corrected chi connectivity index (χ2v) is 7.98. The van der Waals surface area contributed by atoms with Crippen molar-refractivity contribution >= 4 is 34.3 Å². The van der Waals surface area contributed by atoms with Crippen molar-refractivity contribution in [3.8, 4) is 0 Å². The number of benzene rings is 1.